The lowest BCUT2D eigenvalue weighted by atomic mass is 9.99. The number of piperidine rings is 1. The highest BCUT2D eigenvalue weighted by atomic mass is 19.4. The van der Waals surface area contributed by atoms with Gasteiger partial charge in [-0.2, -0.15) is 26.3 Å². The zero-order valence-electron chi connectivity index (χ0n) is 22.8. The SMILES string of the molecule is COc1cc(CN(C)CC(O)COc2cc(C(F)(F)F)ccc2C(F)(F)F)ccc1OCCN1CCC(C)CC1. The van der Waals surface area contributed by atoms with Crippen molar-refractivity contribution in [2.45, 2.75) is 44.8 Å². The molecule has 3 rings (SSSR count). The van der Waals surface area contributed by atoms with Crippen LogP contribution in [0.2, 0.25) is 0 Å². The third-order valence-electron chi connectivity index (χ3n) is 6.79. The van der Waals surface area contributed by atoms with Gasteiger partial charge in [0.25, 0.3) is 0 Å². The molecule has 1 unspecified atom stereocenters. The summed E-state index contributed by atoms with van der Waals surface area (Å²) >= 11 is 0. The number of halogens is 6. The third-order valence-corrected chi connectivity index (χ3v) is 6.79. The predicted octanol–water partition coefficient (Wildman–Crippen LogP) is 5.72. The van der Waals surface area contributed by atoms with Crippen LogP contribution in [0.1, 0.15) is 36.5 Å². The number of aliphatic hydroxyl groups excluding tert-OH is 1. The van der Waals surface area contributed by atoms with Crippen LogP contribution in [0.5, 0.6) is 17.2 Å². The van der Waals surface area contributed by atoms with Gasteiger partial charge in [0.1, 0.15) is 25.1 Å². The average molecular weight is 579 g/mol. The van der Waals surface area contributed by atoms with Crippen LogP contribution in [-0.4, -0.2) is 74.6 Å². The molecule has 1 fully saturated rings. The second kappa shape index (κ2) is 13.8. The van der Waals surface area contributed by atoms with Crippen molar-refractivity contribution in [2.75, 3.05) is 53.6 Å². The van der Waals surface area contributed by atoms with Crippen LogP contribution in [0.15, 0.2) is 36.4 Å². The van der Waals surface area contributed by atoms with Crippen LogP contribution in [0.25, 0.3) is 0 Å². The first-order chi connectivity index (χ1) is 18.8. The van der Waals surface area contributed by atoms with Crippen LogP contribution in [-0.2, 0) is 18.9 Å². The second-order valence-electron chi connectivity index (χ2n) is 10.2. The number of methoxy groups -OCH3 is 1. The smallest absolute Gasteiger partial charge is 0.419 e. The normalized spacial score (nSPS) is 16.3. The zero-order chi connectivity index (χ0) is 29.5. The Balaban J connectivity index is 1.52. The maximum atomic E-state index is 13.3. The quantitative estimate of drug-likeness (QED) is 0.326. The molecule has 224 valence electrons. The molecule has 1 aliphatic rings. The lowest BCUT2D eigenvalue weighted by Crippen LogP contribution is -2.35. The van der Waals surface area contributed by atoms with Crippen molar-refractivity contribution < 1.29 is 45.7 Å². The van der Waals surface area contributed by atoms with Crippen molar-refractivity contribution in [1.82, 2.24) is 9.80 Å². The number of nitrogens with zero attached hydrogens (tertiary/aromatic N) is 2. The lowest BCUT2D eigenvalue weighted by molar-refractivity contribution is -0.142. The van der Waals surface area contributed by atoms with Gasteiger partial charge in [-0.15, -0.1) is 0 Å². The van der Waals surface area contributed by atoms with E-state index < -0.39 is 41.9 Å². The molecule has 1 atom stereocenters. The number of benzene rings is 2. The lowest BCUT2D eigenvalue weighted by Gasteiger charge is -2.30. The van der Waals surface area contributed by atoms with Crippen LogP contribution in [0, 0.1) is 5.92 Å². The third kappa shape index (κ3) is 9.45. The Morgan fingerprint density at radius 1 is 0.950 bits per heavy atom. The summed E-state index contributed by atoms with van der Waals surface area (Å²) in [7, 11) is 3.22. The zero-order valence-corrected chi connectivity index (χ0v) is 22.8. The summed E-state index contributed by atoms with van der Waals surface area (Å²) in [5.74, 6) is 0.925. The molecule has 12 heteroatoms. The Morgan fingerprint density at radius 3 is 2.27 bits per heavy atom. The van der Waals surface area contributed by atoms with Crippen molar-refractivity contribution in [2.24, 2.45) is 5.92 Å². The second-order valence-corrected chi connectivity index (χ2v) is 10.2. The fourth-order valence-electron chi connectivity index (χ4n) is 4.53. The van der Waals surface area contributed by atoms with Crippen molar-refractivity contribution in [3.05, 3.63) is 53.1 Å². The fourth-order valence-corrected chi connectivity index (χ4v) is 4.53. The number of alkyl halides is 6. The highest BCUT2D eigenvalue weighted by Crippen LogP contribution is 2.40. The van der Waals surface area contributed by atoms with Gasteiger partial charge in [-0.3, -0.25) is 9.80 Å². The Bertz CT molecular complexity index is 1090. The summed E-state index contributed by atoms with van der Waals surface area (Å²) in [6, 6.07) is 6.41. The van der Waals surface area contributed by atoms with Gasteiger partial charge < -0.3 is 19.3 Å². The molecule has 40 heavy (non-hydrogen) atoms. The number of ether oxygens (including phenoxy) is 3. The molecule has 0 spiro atoms. The average Bonchev–Trinajstić information content (AvgIpc) is 2.88. The molecule has 0 aliphatic carbocycles. The largest absolute Gasteiger partial charge is 0.493 e. The molecule has 0 aromatic heterocycles. The Morgan fingerprint density at radius 2 is 1.65 bits per heavy atom. The molecule has 2 aromatic carbocycles. The summed E-state index contributed by atoms with van der Waals surface area (Å²) < 4.78 is 95.2. The molecule has 0 amide bonds. The highest BCUT2D eigenvalue weighted by Gasteiger charge is 2.38. The van der Waals surface area contributed by atoms with E-state index in [0.29, 0.717) is 42.8 Å². The van der Waals surface area contributed by atoms with E-state index in [1.165, 1.54) is 20.0 Å². The fraction of sp³-hybridized carbons (Fsp3) is 0.571. The summed E-state index contributed by atoms with van der Waals surface area (Å²) in [5.41, 5.74) is -1.78. The number of likely N-dealkylation sites (tertiary alicyclic amines) is 1. The van der Waals surface area contributed by atoms with E-state index in [4.69, 9.17) is 14.2 Å². The highest BCUT2D eigenvalue weighted by molar-refractivity contribution is 5.43. The number of rotatable bonds is 12. The Kier molecular flexibility index (Phi) is 11.0. The van der Waals surface area contributed by atoms with E-state index in [9.17, 15) is 31.4 Å². The molecule has 0 radical (unpaired) electrons. The molecular weight excluding hydrogens is 542 g/mol. The van der Waals surface area contributed by atoms with Crippen molar-refractivity contribution >= 4 is 0 Å². The number of hydrogen-bond donors (Lipinski definition) is 1. The number of aliphatic hydroxyl groups is 1. The predicted molar refractivity (Wildman–Crippen MR) is 138 cm³/mol. The summed E-state index contributed by atoms with van der Waals surface area (Å²) in [4.78, 5) is 4.08. The topological polar surface area (TPSA) is 54.4 Å². The van der Waals surface area contributed by atoms with Crippen molar-refractivity contribution in [3.63, 3.8) is 0 Å². The standard InChI is InChI=1S/C28H36F6N2O4/c1-19-8-10-36(11-9-19)12-13-39-24-7-4-20(14-26(24)38-3)16-35(2)17-22(37)18-40-25-15-21(27(29,30)31)5-6-23(25)28(32,33)34/h4-7,14-15,19,22,37H,8-13,16-18H2,1-3H3. The van der Waals surface area contributed by atoms with Crippen LogP contribution < -0.4 is 14.2 Å². The number of hydrogen-bond acceptors (Lipinski definition) is 6. The van der Waals surface area contributed by atoms with E-state index in [1.807, 2.05) is 6.07 Å². The van der Waals surface area contributed by atoms with Crippen molar-refractivity contribution in [1.29, 1.82) is 0 Å². The molecule has 0 bridgehead atoms. The van der Waals surface area contributed by atoms with Crippen LogP contribution >= 0.6 is 0 Å². The minimum Gasteiger partial charge on any atom is -0.493 e. The minimum atomic E-state index is -4.91. The Labute approximate surface area is 230 Å². The van der Waals surface area contributed by atoms with Gasteiger partial charge in [0, 0.05) is 19.6 Å². The molecule has 2 aromatic rings. The van der Waals surface area contributed by atoms with Gasteiger partial charge in [0.05, 0.1) is 18.2 Å². The maximum absolute atomic E-state index is 13.3. The van der Waals surface area contributed by atoms with E-state index in [2.05, 4.69) is 11.8 Å². The minimum absolute atomic E-state index is 0.00463. The van der Waals surface area contributed by atoms with Crippen molar-refractivity contribution in [3.8, 4) is 17.2 Å². The monoisotopic (exact) mass is 578 g/mol. The first kappa shape index (κ1) is 31.8. The van der Waals surface area contributed by atoms with E-state index >= 15 is 0 Å². The van der Waals surface area contributed by atoms with Crippen LogP contribution in [0.3, 0.4) is 0 Å². The molecule has 1 N–H and O–H groups in total. The van der Waals surface area contributed by atoms with Gasteiger partial charge in [-0.05, 0) is 74.8 Å². The Hall–Kier alpha value is -2.70. The molecular formula is C28H36F6N2O4. The molecule has 1 aliphatic heterocycles. The first-order valence-corrected chi connectivity index (χ1v) is 13.1. The van der Waals surface area contributed by atoms with E-state index in [1.54, 1.807) is 24.1 Å². The summed E-state index contributed by atoms with van der Waals surface area (Å²) in [5, 5.41) is 10.3. The molecule has 0 saturated carbocycles. The van der Waals surface area contributed by atoms with Gasteiger partial charge in [0.2, 0.25) is 0 Å². The van der Waals surface area contributed by atoms with Crippen LogP contribution in [0.4, 0.5) is 26.3 Å². The molecule has 1 heterocycles. The first-order valence-electron chi connectivity index (χ1n) is 13.1. The van der Waals surface area contributed by atoms with E-state index in [0.717, 1.165) is 31.1 Å². The van der Waals surface area contributed by atoms with Gasteiger partial charge in [0.15, 0.2) is 11.5 Å². The maximum Gasteiger partial charge on any atom is 0.419 e. The number of likely N-dealkylation sites (N-methyl/N-ethyl adjacent to an activating group) is 1. The molecule has 1 saturated heterocycles. The van der Waals surface area contributed by atoms with Gasteiger partial charge >= 0.3 is 12.4 Å². The summed E-state index contributed by atoms with van der Waals surface area (Å²) in [6.07, 6.45) is -8.64. The van der Waals surface area contributed by atoms with E-state index in [-0.39, 0.29) is 6.54 Å². The summed E-state index contributed by atoms with van der Waals surface area (Å²) in [6.45, 7) is 5.47. The molecule has 6 nitrogen and oxygen atoms in total. The van der Waals surface area contributed by atoms with Gasteiger partial charge in [-0.25, -0.2) is 0 Å². The van der Waals surface area contributed by atoms with Gasteiger partial charge in [-0.1, -0.05) is 13.0 Å².